The molecule has 0 aliphatic rings. The largest absolute Gasteiger partial charge is 0.493 e. The minimum absolute atomic E-state index is 0.0798. The molecule has 0 fully saturated rings. The third kappa shape index (κ3) is 4.63. The number of thiazole rings is 1. The van der Waals surface area contributed by atoms with Gasteiger partial charge in [0.1, 0.15) is 19.0 Å². The first kappa shape index (κ1) is 22.7. The summed E-state index contributed by atoms with van der Waals surface area (Å²) in [6.45, 7) is 4.45. The zero-order valence-corrected chi connectivity index (χ0v) is 20.1. The van der Waals surface area contributed by atoms with Crippen molar-refractivity contribution in [1.82, 2.24) is 9.38 Å². The standard InChI is InChI=1S/C28H24N2O4S/c1-3-8-19-13-14-24(25(17-19)32-2)34-16-15-33-23-12-7-4-9-20(23)18-26-27(31)30-22-11-6-5-10-21(22)29-28(30)35-26/h3-7,9-14,17-18H,1,8,15-16H2,2H3. The number of hydrogen-bond donors (Lipinski definition) is 0. The lowest BCUT2D eigenvalue weighted by Gasteiger charge is -2.13. The number of aromatic nitrogens is 2. The van der Waals surface area contributed by atoms with Gasteiger partial charge in [-0.3, -0.25) is 4.79 Å². The lowest BCUT2D eigenvalue weighted by atomic mass is 10.1. The number of benzene rings is 3. The van der Waals surface area contributed by atoms with Crippen LogP contribution in [0.3, 0.4) is 0 Å². The Labute approximate surface area is 206 Å². The fraction of sp³-hybridized carbons (Fsp3) is 0.143. The van der Waals surface area contributed by atoms with E-state index in [4.69, 9.17) is 14.2 Å². The van der Waals surface area contributed by atoms with Crippen molar-refractivity contribution in [3.63, 3.8) is 0 Å². The zero-order chi connectivity index (χ0) is 24.2. The molecular formula is C28H24N2O4S. The highest BCUT2D eigenvalue weighted by molar-refractivity contribution is 7.15. The van der Waals surface area contributed by atoms with Gasteiger partial charge in [-0.1, -0.05) is 53.8 Å². The molecule has 0 radical (unpaired) electrons. The highest BCUT2D eigenvalue weighted by atomic mass is 32.1. The van der Waals surface area contributed by atoms with Crippen LogP contribution in [0.15, 0.2) is 84.2 Å². The van der Waals surface area contributed by atoms with Gasteiger partial charge in [-0.25, -0.2) is 9.38 Å². The number of allylic oxidation sites excluding steroid dienone is 1. The molecule has 0 atom stereocenters. The second-order valence-corrected chi connectivity index (χ2v) is 8.86. The summed E-state index contributed by atoms with van der Waals surface area (Å²) in [7, 11) is 1.62. The highest BCUT2D eigenvalue weighted by Crippen LogP contribution is 2.28. The molecule has 176 valence electrons. The van der Waals surface area contributed by atoms with Crippen LogP contribution in [0.2, 0.25) is 0 Å². The van der Waals surface area contributed by atoms with Crippen molar-refractivity contribution in [2.24, 2.45) is 0 Å². The van der Waals surface area contributed by atoms with Crippen LogP contribution in [-0.2, 0) is 6.42 Å². The first-order chi connectivity index (χ1) is 17.2. The van der Waals surface area contributed by atoms with E-state index < -0.39 is 0 Å². The molecule has 6 nitrogen and oxygen atoms in total. The fourth-order valence-electron chi connectivity index (χ4n) is 3.91. The molecule has 0 bridgehead atoms. The molecule has 35 heavy (non-hydrogen) atoms. The van der Waals surface area contributed by atoms with Crippen molar-refractivity contribution < 1.29 is 14.2 Å². The summed E-state index contributed by atoms with van der Waals surface area (Å²) in [5, 5.41) is 0. The summed E-state index contributed by atoms with van der Waals surface area (Å²) in [4.78, 5) is 18.3. The Morgan fingerprint density at radius 3 is 2.57 bits per heavy atom. The maximum Gasteiger partial charge on any atom is 0.274 e. The van der Waals surface area contributed by atoms with Crippen LogP contribution in [0.4, 0.5) is 0 Å². The third-order valence-electron chi connectivity index (χ3n) is 5.56. The molecular weight excluding hydrogens is 460 g/mol. The van der Waals surface area contributed by atoms with E-state index in [-0.39, 0.29) is 5.56 Å². The van der Waals surface area contributed by atoms with Crippen molar-refractivity contribution in [2.45, 2.75) is 6.42 Å². The lowest BCUT2D eigenvalue weighted by Crippen LogP contribution is -2.22. The van der Waals surface area contributed by atoms with E-state index in [1.165, 1.54) is 11.3 Å². The van der Waals surface area contributed by atoms with Gasteiger partial charge < -0.3 is 14.2 Å². The van der Waals surface area contributed by atoms with Crippen LogP contribution >= 0.6 is 11.3 Å². The van der Waals surface area contributed by atoms with Crippen LogP contribution in [0.5, 0.6) is 17.2 Å². The SMILES string of the molecule is C=CCc1ccc(OCCOc2ccccc2C=c2sc3nc4ccccc4n3c2=O)c(OC)c1. The Kier molecular flexibility index (Phi) is 6.50. The summed E-state index contributed by atoms with van der Waals surface area (Å²) in [5.41, 5.74) is 3.49. The van der Waals surface area contributed by atoms with Crippen LogP contribution in [-0.4, -0.2) is 29.7 Å². The number of nitrogens with zero attached hydrogens (tertiary/aromatic N) is 2. The van der Waals surface area contributed by atoms with E-state index >= 15 is 0 Å². The van der Waals surface area contributed by atoms with Crippen LogP contribution in [0.25, 0.3) is 22.1 Å². The molecule has 0 unspecified atom stereocenters. The smallest absolute Gasteiger partial charge is 0.274 e. The van der Waals surface area contributed by atoms with E-state index in [9.17, 15) is 4.79 Å². The molecule has 5 aromatic rings. The first-order valence-electron chi connectivity index (χ1n) is 11.2. The lowest BCUT2D eigenvalue weighted by molar-refractivity contribution is 0.211. The minimum atomic E-state index is -0.0798. The van der Waals surface area contributed by atoms with Gasteiger partial charge >= 0.3 is 0 Å². The second kappa shape index (κ2) is 10.0. The van der Waals surface area contributed by atoms with E-state index in [0.717, 1.165) is 28.6 Å². The summed E-state index contributed by atoms with van der Waals surface area (Å²) in [5.74, 6) is 2.02. The minimum Gasteiger partial charge on any atom is -0.493 e. The predicted molar refractivity (Wildman–Crippen MR) is 140 cm³/mol. The number of hydrogen-bond acceptors (Lipinski definition) is 6. The molecule has 0 aliphatic heterocycles. The number of fused-ring (bicyclic) bond motifs is 3. The molecule has 5 rings (SSSR count). The van der Waals surface area contributed by atoms with Gasteiger partial charge in [-0.05, 0) is 48.4 Å². The van der Waals surface area contributed by atoms with Crippen molar-refractivity contribution in [1.29, 1.82) is 0 Å². The molecule has 0 N–H and O–H groups in total. The molecule has 2 heterocycles. The maximum atomic E-state index is 13.1. The first-order valence-corrected chi connectivity index (χ1v) is 12.0. The van der Waals surface area contributed by atoms with E-state index in [2.05, 4.69) is 11.6 Å². The normalized spacial score (nSPS) is 11.7. The Morgan fingerprint density at radius 1 is 0.971 bits per heavy atom. The molecule has 0 saturated carbocycles. The van der Waals surface area contributed by atoms with E-state index in [1.807, 2.05) is 78.9 Å². The number of imidazole rings is 1. The number of rotatable bonds is 9. The molecule has 7 heteroatoms. The van der Waals surface area contributed by atoms with Crippen LogP contribution in [0.1, 0.15) is 11.1 Å². The summed E-state index contributed by atoms with van der Waals surface area (Å²) >= 11 is 1.37. The van der Waals surface area contributed by atoms with Gasteiger partial charge in [0, 0.05) is 5.56 Å². The number of ether oxygens (including phenoxy) is 3. The van der Waals surface area contributed by atoms with Gasteiger partial charge in [-0.15, -0.1) is 6.58 Å². The average Bonchev–Trinajstić information content (AvgIpc) is 3.39. The highest BCUT2D eigenvalue weighted by Gasteiger charge is 2.11. The monoisotopic (exact) mass is 484 g/mol. The molecule has 0 saturated heterocycles. The topological polar surface area (TPSA) is 62.1 Å². The van der Waals surface area contributed by atoms with Gasteiger partial charge in [-0.2, -0.15) is 0 Å². The predicted octanol–water partition coefficient (Wildman–Crippen LogP) is 4.65. The van der Waals surface area contributed by atoms with Crippen LogP contribution < -0.4 is 24.3 Å². The van der Waals surface area contributed by atoms with Crippen molar-refractivity contribution >= 4 is 33.4 Å². The van der Waals surface area contributed by atoms with E-state index in [0.29, 0.717) is 40.0 Å². The summed E-state index contributed by atoms with van der Waals surface area (Å²) in [6.07, 6.45) is 4.47. The summed E-state index contributed by atoms with van der Waals surface area (Å²) in [6, 6.07) is 21.1. The Bertz CT molecular complexity index is 1620. The van der Waals surface area contributed by atoms with E-state index in [1.54, 1.807) is 11.5 Å². The maximum absolute atomic E-state index is 13.1. The Balaban J connectivity index is 1.32. The van der Waals surface area contributed by atoms with Gasteiger partial charge in [0.25, 0.3) is 5.56 Å². The average molecular weight is 485 g/mol. The van der Waals surface area contributed by atoms with Gasteiger partial charge in [0.05, 0.1) is 22.7 Å². The number of para-hydroxylation sites is 3. The number of methoxy groups -OCH3 is 1. The second-order valence-electron chi connectivity index (χ2n) is 7.85. The fourth-order valence-corrected chi connectivity index (χ4v) is 4.89. The quantitative estimate of drug-likeness (QED) is 0.225. The van der Waals surface area contributed by atoms with Crippen molar-refractivity contribution in [2.75, 3.05) is 20.3 Å². The third-order valence-corrected chi connectivity index (χ3v) is 6.53. The molecule has 3 aromatic carbocycles. The van der Waals surface area contributed by atoms with Gasteiger partial charge in [0.15, 0.2) is 16.5 Å². The zero-order valence-electron chi connectivity index (χ0n) is 19.3. The molecule has 0 spiro atoms. The molecule has 0 amide bonds. The Morgan fingerprint density at radius 2 is 1.74 bits per heavy atom. The van der Waals surface area contributed by atoms with Crippen molar-refractivity contribution in [3.05, 3.63) is 105 Å². The van der Waals surface area contributed by atoms with Crippen molar-refractivity contribution in [3.8, 4) is 17.2 Å². The van der Waals surface area contributed by atoms with Gasteiger partial charge in [0.2, 0.25) is 0 Å². The van der Waals surface area contributed by atoms with Crippen LogP contribution in [0, 0.1) is 0 Å². The molecule has 0 aliphatic carbocycles. The Hall–Kier alpha value is -4.10. The molecule has 2 aromatic heterocycles. The summed E-state index contributed by atoms with van der Waals surface area (Å²) < 4.78 is 19.6.